The minimum Gasteiger partial charge on any atom is -0.339 e. The normalized spacial score (nSPS) is 18.7. The summed E-state index contributed by atoms with van der Waals surface area (Å²) >= 11 is 4.36. The lowest BCUT2D eigenvalue weighted by Crippen LogP contribution is -2.42. The van der Waals surface area contributed by atoms with E-state index in [0.717, 1.165) is 36.4 Å². The molecule has 1 heterocycles. The van der Waals surface area contributed by atoms with E-state index in [0.29, 0.717) is 5.41 Å². The Morgan fingerprint density at radius 2 is 1.94 bits per heavy atom. The largest absolute Gasteiger partial charge is 0.339 e. The number of hydrogen-bond acceptors (Lipinski definition) is 2. The van der Waals surface area contributed by atoms with Crippen molar-refractivity contribution < 1.29 is 4.79 Å². The van der Waals surface area contributed by atoms with Crippen LogP contribution in [0.25, 0.3) is 0 Å². The van der Waals surface area contributed by atoms with Gasteiger partial charge in [-0.15, -0.1) is 12.6 Å². The van der Waals surface area contributed by atoms with E-state index in [2.05, 4.69) is 26.5 Å². The zero-order valence-corrected chi connectivity index (χ0v) is 12.0. The molecule has 2 nitrogen and oxygen atoms in total. The van der Waals surface area contributed by atoms with Crippen molar-refractivity contribution >= 4 is 18.5 Å². The smallest absolute Gasteiger partial charge is 0.254 e. The van der Waals surface area contributed by atoms with Gasteiger partial charge in [-0.25, -0.2) is 0 Å². The topological polar surface area (TPSA) is 20.3 Å². The molecule has 0 aromatic heterocycles. The van der Waals surface area contributed by atoms with E-state index in [1.54, 1.807) is 0 Å². The third-order valence-electron chi connectivity index (χ3n) is 4.25. The molecular formula is C15H21NOS. The van der Waals surface area contributed by atoms with Crippen LogP contribution in [0.1, 0.15) is 43.5 Å². The number of carbonyl (C=O) groups excluding carboxylic acids is 1. The molecule has 1 aliphatic heterocycles. The van der Waals surface area contributed by atoms with Crippen molar-refractivity contribution in [3.05, 3.63) is 29.8 Å². The summed E-state index contributed by atoms with van der Waals surface area (Å²) in [6.45, 7) is 6.29. The molecule has 1 fully saturated rings. The SMILES string of the molecule is CCC1(C)CCN(C(=O)c2ccccc2S)CC1. The number of piperidine rings is 1. The van der Waals surface area contributed by atoms with Gasteiger partial charge in [0.1, 0.15) is 0 Å². The maximum atomic E-state index is 12.4. The molecule has 1 amide bonds. The molecule has 0 atom stereocenters. The molecule has 0 radical (unpaired) electrons. The van der Waals surface area contributed by atoms with Gasteiger partial charge in [0.05, 0.1) is 5.56 Å². The zero-order chi connectivity index (χ0) is 13.2. The van der Waals surface area contributed by atoms with Gasteiger partial charge in [-0.3, -0.25) is 4.79 Å². The molecule has 1 aromatic rings. The van der Waals surface area contributed by atoms with Crippen LogP contribution in [0.15, 0.2) is 29.2 Å². The molecule has 98 valence electrons. The van der Waals surface area contributed by atoms with Crippen molar-refractivity contribution in [1.82, 2.24) is 4.90 Å². The van der Waals surface area contributed by atoms with E-state index in [1.807, 2.05) is 29.2 Å². The highest BCUT2D eigenvalue weighted by molar-refractivity contribution is 7.80. The Labute approximate surface area is 115 Å². The standard InChI is InChI=1S/C15H21NOS/c1-3-15(2)8-10-16(11-9-15)14(17)12-6-4-5-7-13(12)18/h4-7,18H,3,8-11H2,1-2H3. The minimum atomic E-state index is 0.124. The van der Waals surface area contributed by atoms with Crippen LogP contribution in [0, 0.1) is 5.41 Å². The Morgan fingerprint density at radius 1 is 1.33 bits per heavy atom. The molecule has 1 aliphatic rings. The first kappa shape index (κ1) is 13.5. The highest BCUT2D eigenvalue weighted by Gasteiger charge is 2.30. The second-order valence-electron chi connectivity index (χ2n) is 5.47. The highest BCUT2D eigenvalue weighted by Crippen LogP contribution is 2.34. The molecule has 1 saturated heterocycles. The van der Waals surface area contributed by atoms with Gasteiger partial charge in [0, 0.05) is 18.0 Å². The van der Waals surface area contributed by atoms with E-state index in [9.17, 15) is 4.79 Å². The molecule has 0 saturated carbocycles. The number of rotatable bonds is 2. The monoisotopic (exact) mass is 263 g/mol. The fourth-order valence-corrected chi connectivity index (χ4v) is 2.68. The van der Waals surface area contributed by atoms with Crippen LogP contribution in [0.4, 0.5) is 0 Å². The first-order chi connectivity index (χ1) is 8.56. The fraction of sp³-hybridized carbons (Fsp3) is 0.533. The Bertz CT molecular complexity index is 436. The Hall–Kier alpha value is -0.960. The van der Waals surface area contributed by atoms with Gasteiger partial charge in [0.15, 0.2) is 0 Å². The highest BCUT2D eigenvalue weighted by atomic mass is 32.1. The lowest BCUT2D eigenvalue weighted by atomic mass is 9.78. The molecule has 0 bridgehead atoms. The average molecular weight is 263 g/mol. The second-order valence-corrected chi connectivity index (χ2v) is 5.96. The van der Waals surface area contributed by atoms with Gasteiger partial charge in [-0.05, 0) is 30.4 Å². The van der Waals surface area contributed by atoms with Crippen LogP contribution >= 0.6 is 12.6 Å². The predicted molar refractivity (Wildman–Crippen MR) is 77.2 cm³/mol. The van der Waals surface area contributed by atoms with E-state index in [1.165, 1.54) is 6.42 Å². The van der Waals surface area contributed by atoms with Crippen molar-refractivity contribution in [2.24, 2.45) is 5.41 Å². The number of nitrogens with zero attached hydrogens (tertiary/aromatic N) is 1. The summed E-state index contributed by atoms with van der Waals surface area (Å²) in [4.78, 5) is 15.1. The van der Waals surface area contributed by atoms with Gasteiger partial charge < -0.3 is 4.90 Å². The third-order valence-corrected chi connectivity index (χ3v) is 4.64. The first-order valence-corrected chi connectivity index (χ1v) is 7.08. The van der Waals surface area contributed by atoms with Gasteiger partial charge in [-0.2, -0.15) is 0 Å². The van der Waals surface area contributed by atoms with Crippen LogP contribution in [-0.4, -0.2) is 23.9 Å². The van der Waals surface area contributed by atoms with Crippen LogP contribution in [0.3, 0.4) is 0 Å². The van der Waals surface area contributed by atoms with Gasteiger partial charge in [0.2, 0.25) is 0 Å². The summed E-state index contributed by atoms with van der Waals surface area (Å²) in [5.74, 6) is 0.124. The maximum absolute atomic E-state index is 12.4. The predicted octanol–water partition coefficient (Wildman–Crippen LogP) is 3.63. The van der Waals surface area contributed by atoms with Crippen molar-refractivity contribution in [3.8, 4) is 0 Å². The molecule has 0 spiro atoms. The van der Waals surface area contributed by atoms with Crippen molar-refractivity contribution in [2.45, 2.75) is 38.0 Å². The summed E-state index contributed by atoms with van der Waals surface area (Å²) < 4.78 is 0. The van der Waals surface area contributed by atoms with Crippen LogP contribution < -0.4 is 0 Å². The summed E-state index contributed by atoms with van der Waals surface area (Å²) in [5.41, 5.74) is 1.14. The number of hydrogen-bond donors (Lipinski definition) is 1. The lowest BCUT2D eigenvalue weighted by Gasteiger charge is -2.39. The number of carbonyl (C=O) groups is 1. The minimum absolute atomic E-state index is 0.124. The number of likely N-dealkylation sites (tertiary alicyclic amines) is 1. The molecule has 0 aliphatic carbocycles. The molecular weight excluding hydrogens is 242 g/mol. The van der Waals surface area contributed by atoms with E-state index in [4.69, 9.17) is 0 Å². The van der Waals surface area contributed by atoms with Gasteiger partial charge in [0.25, 0.3) is 5.91 Å². The molecule has 2 rings (SSSR count). The Morgan fingerprint density at radius 3 is 2.50 bits per heavy atom. The van der Waals surface area contributed by atoms with E-state index < -0.39 is 0 Å². The summed E-state index contributed by atoms with van der Waals surface area (Å²) in [5, 5.41) is 0. The molecule has 1 aromatic carbocycles. The summed E-state index contributed by atoms with van der Waals surface area (Å²) in [6.07, 6.45) is 3.39. The van der Waals surface area contributed by atoms with Crippen molar-refractivity contribution in [1.29, 1.82) is 0 Å². The van der Waals surface area contributed by atoms with Crippen LogP contribution in [0.5, 0.6) is 0 Å². The number of amides is 1. The quantitative estimate of drug-likeness (QED) is 0.808. The third kappa shape index (κ3) is 2.72. The summed E-state index contributed by atoms with van der Waals surface area (Å²) in [6, 6.07) is 7.53. The Kier molecular flexibility index (Phi) is 4.00. The molecule has 0 N–H and O–H groups in total. The summed E-state index contributed by atoms with van der Waals surface area (Å²) in [7, 11) is 0. The molecule has 3 heteroatoms. The van der Waals surface area contributed by atoms with E-state index >= 15 is 0 Å². The van der Waals surface area contributed by atoms with Crippen molar-refractivity contribution in [3.63, 3.8) is 0 Å². The Balaban J connectivity index is 2.07. The number of thiol groups is 1. The number of benzene rings is 1. The van der Waals surface area contributed by atoms with Crippen LogP contribution in [0.2, 0.25) is 0 Å². The van der Waals surface area contributed by atoms with Gasteiger partial charge >= 0.3 is 0 Å². The molecule has 0 unspecified atom stereocenters. The lowest BCUT2D eigenvalue weighted by molar-refractivity contribution is 0.0597. The zero-order valence-electron chi connectivity index (χ0n) is 11.1. The second kappa shape index (κ2) is 5.35. The fourth-order valence-electron chi connectivity index (χ4n) is 2.43. The first-order valence-electron chi connectivity index (χ1n) is 6.63. The van der Waals surface area contributed by atoms with Crippen molar-refractivity contribution in [2.75, 3.05) is 13.1 Å². The van der Waals surface area contributed by atoms with Crippen LogP contribution in [-0.2, 0) is 0 Å². The molecule has 18 heavy (non-hydrogen) atoms. The van der Waals surface area contributed by atoms with E-state index in [-0.39, 0.29) is 5.91 Å². The van der Waals surface area contributed by atoms with Gasteiger partial charge in [-0.1, -0.05) is 32.4 Å². The average Bonchev–Trinajstić information content (AvgIpc) is 2.39. The maximum Gasteiger partial charge on any atom is 0.254 e.